The Morgan fingerprint density at radius 1 is 1.22 bits per heavy atom. The van der Waals surface area contributed by atoms with E-state index < -0.39 is 0 Å². The molecule has 0 bridgehead atoms. The molecule has 1 amide bonds. The van der Waals surface area contributed by atoms with Crippen LogP contribution in [-0.4, -0.2) is 55.0 Å². The maximum atomic E-state index is 12.3. The number of likely N-dealkylation sites (tertiary alicyclic amines) is 1. The van der Waals surface area contributed by atoms with E-state index in [0.29, 0.717) is 23.2 Å². The van der Waals surface area contributed by atoms with Gasteiger partial charge in [-0.1, -0.05) is 0 Å². The van der Waals surface area contributed by atoms with Crippen molar-refractivity contribution in [3.05, 3.63) is 23.8 Å². The standard InChI is InChI=1S/C19H28N4O3S/c1-3-20-19(27)22-21-13-15-8-9-16(17(12-15)25-4-2)26-14-18(24)23-10-6-5-7-11-23/h8-9,12-13H,3-7,10-11,14H2,1-2H3,(H2,20,22,27)/b21-13-. The Bertz CT molecular complexity index is 660. The third-order valence-electron chi connectivity index (χ3n) is 4.04. The number of ether oxygens (including phenoxy) is 2. The van der Waals surface area contributed by atoms with Crippen molar-refractivity contribution in [2.45, 2.75) is 33.1 Å². The average molecular weight is 393 g/mol. The number of amides is 1. The predicted molar refractivity (Wildman–Crippen MR) is 111 cm³/mol. The van der Waals surface area contributed by atoms with Crippen LogP contribution in [0, 0.1) is 0 Å². The fourth-order valence-electron chi connectivity index (χ4n) is 2.73. The van der Waals surface area contributed by atoms with Crippen LogP contribution in [0.3, 0.4) is 0 Å². The maximum Gasteiger partial charge on any atom is 0.260 e. The number of benzene rings is 1. The molecule has 1 saturated heterocycles. The molecule has 0 radical (unpaired) electrons. The third kappa shape index (κ3) is 7.05. The van der Waals surface area contributed by atoms with Crippen molar-refractivity contribution in [3.63, 3.8) is 0 Å². The summed E-state index contributed by atoms with van der Waals surface area (Å²) in [5.74, 6) is 1.15. The van der Waals surface area contributed by atoms with Crippen LogP contribution in [0.2, 0.25) is 0 Å². The van der Waals surface area contributed by atoms with Gasteiger partial charge in [-0.3, -0.25) is 10.2 Å². The van der Waals surface area contributed by atoms with E-state index in [2.05, 4.69) is 15.8 Å². The molecule has 0 spiro atoms. The zero-order valence-electron chi connectivity index (χ0n) is 16.0. The van der Waals surface area contributed by atoms with Gasteiger partial charge in [-0.25, -0.2) is 0 Å². The van der Waals surface area contributed by atoms with Gasteiger partial charge in [0.05, 0.1) is 12.8 Å². The Hall–Kier alpha value is -2.35. The van der Waals surface area contributed by atoms with Gasteiger partial charge < -0.3 is 19.7 Å². The van der Waals surface area contributed by atoms with Crippen LogP contribution in [0.25, 0.3) is 0 Å². The van der Waals surface area contributed by atoms with Gasteiger partial charge in [0.15, 0.2) is 23.2 Å². The largest absolute Gasteiger partial charge is 0.490 e. The number of hydrogen-bond acceptors (Lipinski definition) is 5. The highest BCUT2D eigenvalue weighted by atomic mass is 32.1. The number of hydrazone groups is 1. The highest BCUT2D eigenvalue weighted by Crippen LogP contribution is 2.28. The highest BCUT2D eigenvalue weighted by Gasteiger charge is 2.17. The highest BCUT2D eigenvalue weighted by molar-refractivity contribution is 7.80. The first-order chi connectivity index (χ1) is 13.1. The molecule has 27 heavy (non-hydrogen) atoms. The van der Waals surface area contributed by atoms with Crippen molar-refractivity contribution < 1.29 is 14.3 Å². The van der Waals surface area contributed by atoms with Gasteiger partial charge in [0.2, 0.25) is 0 Å². The van der Waals surface area contributed by atoms with E-state index in [1.807, 2.05) is 30.9 Å². The molecule has 2 N–H and O–H groups in total. The molecule has 2 rings (SSSR count). The molecule has 1 aromatic rings. The number of nitrogens with one attached hydrogen (secondary N) is 2. The molecule has 1 aliphatic heterocycles. The van der Waals surface area contributed by atoms with Crippen molar-refractivity contribution in [1.82, 2.24) is 15.6 Å². The zero-order valence-corrected chi connectivity index (χ0v) is 16.8. The molecule has 0 unspecified atom stereocenters. The summed E-state index contributed by atoms with van der Waals surface area (Å²) in [6.45, 7) is 6.75. The van der Waals surface area contributed by atoms with Gasteiger partial charge in [-0.2, -0.15) is 5.10 Å². The summed E-state index contributed by atoms with van der Waals surface area (Å²) < 4.78 is 11.4. The second-order valence-corrected chi connectivity index (χ2v) is 6.51. The van der Waals surface area contributed by atoms with E-state index >= 15 is 0 Å². The van der Waals surface area contributed by atoms with Gasteiger partial charge >= 0.3 is 0 Å². The number of carbonyl (C=O) groups is 1. The number of thiocarbonyl (C=S) groups is 1. The van der Waals surface area contributed by atoms with Gasteiger partial charge in [-0.15, -0.1) is 0 Å². The Labute approximate surface area is 166 Å². The number of rotatable bonds is 8. The first-order valence-corrected chi connectivity index (χ1v) is 9.79. The first kappa shape index (κ1) is 21.0. The van der Waals surface area contributed by atoms with Crippen LogP contribution >= 0.6 is 12.2 Å². The molecule has 148 valence electrons. The van der Waals surface area contributed by atoms with Crippen molar-refractivity contribution >= 4 is 29.5 Å². The Kier molecular flexibility index (Phi) is 8.83. The topological polar surface area (TPSA) is 75.2 Å². The van der Waals surface area contributed by atoms with E-state index in [1.165, 1.54) is 6.42 Å². The fraction of sp³-hybridized carbons (Fsp3) is 0.526. The summed E-state index contributed by atoms with van der Waals surface area (Å²) in [6.07, 6.45) is 4.97. The molecular formula is C19H28N4O3S. The van der Waals surface area contributed by atoms with Crippen LogP contribution in [-0.2, 0) is 4.79 Å². The number of hydrogen-bond donors (Lipinski definition) is 2. The van der Waals surface area contributed by atoms with Crippen molar-refractivity contribution in [3.8, 4) is 11.5 Å². The van der Waals surface area contributed by atoms with Gasteiger partial charge in [0.1, 0.15) is 0 Å². The monoisotopic (exact) mass is 392 g/mol. The summed E-state index contributed by atoms with van der Waals surface area (Å²) in [4.78, 5) is 14.1. The summed E-state index contributed by atoms with van der Waals surface area (Å²) >= 11 is 5.05. The molecule has 0 saturated carbocycles. The first-order valence-electron chi connectivity index (χ1n) is 9.38. The molecule has 1 heterocycles. The molecule has 8 heteroatoms. The van der Waals surface area contributed by atoms with E-state index in [-0.39, 0.29) is 12.5 Å². The fourth-order valence-corrected chi connectivity index (χ4v) is 2.93. The molecule has 1 fully saturated rings. The summed E-state index contributed by atoms with van der Waals surface area (Å²) in [5, 5.41) is 7.51. The number of piperidine rings is 1. The normalized spacial score (nSPS) is 14.1. The minimum atomic E-state index is 0.0175. The van der Waals surface area contributed by atoms with Crippen LogP contribution in [0.5, 0.6) is 11.5 Å². The van der Waals surface area contributed by atoms with Gasteiger partial charge in [0, 0.05) is 19.6 Å². The lowest BCUT2D eigenvalue weighted by molar-refractivity contribution is -0.134. The SMILES string of the molecule is CCNC(=S)N/N=C\c1ccc(OCC(=O)N2CCCCC2)c(OCC)c1. The van der Waals surface area contributed by atoms with Crippen LogP contribution in [0.1, 0.15) is 38.7 Å². The predicted octanol–water partition coefficient (Wildman–Crippen LogP) is 2.29. The van der Waals surface area contributed by atoms with Gasteiger partial charge in [-0.05, 0) is 69.1 Å². The van der Waals surface area contributed by atoms with E-state index in [1.54, 1.807) is 12.3 Å². The van der Waals surface area contributed by atoms with Gasteiger partial charge in [0.25, 0.3) is 5.91 Å². The smallest absolute Gasteiger partial charge is 0.260 e. The Morgan fingerprint density at radius 2 is 2.00 bits per heavy atom. The lowest BCUT2D eigenvalue weighted by Crippen LogP contribution is -2.38. The van der Waals surface area contributed by atoms with Crippen LogP contribution in [0.4, 0.5) is 0 Å². The second kappa shape index (κ2) is 11.4. The summed E-state index contributed by atoms with van der Waals surface area (Å²) in [5.41, 5.74) is 3.58. The molecular weight excluding hydrogens is 364 g/mol. The van der Waals surface area contributed by atoms with Crippen molar-refractivity contribution in [2.75, 3.05) is 32.8 Å². The maximum absolute atomic E-state index is 12.3. The van der Waals surface area contributed by atoms with Crippen molar-refractivity contribution in [2.24, 2.45) is 5.10 Å². The molecule has 7 nitrogen and oxygen atoms in total. The minimum absolute atomic E-state index is 0.0175. The molecule has 0 aliphatic carbocycles. The Balaban J connectivity index is 1.96. The average Bonchev–Trinajstić information content (AvgIpc) is 2.68. The van der Waals surface area contributed by atoms with E-state index in [9.17, 15) is 4.79 Å². The number of nitrogens with zero attached hydrogens (tertiary/aromatic N) is 2. The third-order valence-corrected chi connectivity index (χ3v) is 4.28. The van der Waals surface area contributed by atoms with E-state index in [4.69, 9.17) is 21.7 Å². The second-order valence-electron chi connectivity index (χ2n) is 6.10. The molecule has 0 atom stereocenters. The molecule has 1 aromatic carbocycles. The molecule has 0 aromatic heterocycles. The van der Waals surface area contributed by atoms with Crippen LogP contribution < -0.4 is 20.2 Å². The lowest BCUT2D eigenvalue weighted by Gasteiger charge is -2.26. The quantitative estimate of drug-likeness (QED) is 0.402. The Morgan fingerprint density at radius 3 is 2.70 bits per heavy atom. The summed E-state index contributed by atoms with van der Waals surface area (Å²) in [7, 11) is 0. The zero-order chi connectivity index (χ0) is 19.5. The van der Waals surface area contributed by atoms with E-state index in [0.717, 1.165) is 38.0 Å². The lowest BCUT2D eigenvalue weighted by atomic mass is 10.1. The van der Waals surface area contributed by atoms with Crippen LogP contribution in [0.15, 0.2) is 23.3 Å². The number of carbonyl (C=O) groups excluding carboxylic acids is 1. The molecule has 1 aliphatic rings. The van der Waals surface area contributed by atoms with Crippen molar-refractivity contribution in [1.29, 1.82) is 0 Å². The summed E-state index contributed by atoms with van der Waals surface area (Å²) in [6, 6.07) is 5.47. The minimum Gasteiger partial charge on any atom is -0.490 e.